The molecule has 0 fully saturated rings. The third kappa shape index (κ3) is 2.18. The van der Waals surface area contributed by atoms with E-state index in [1.54, 1.807) is 0 Å². The molecule has 0 bridgehead atoms. The minimum absolute atomic E-state index is 0.769. The van der Waals surface area contributed by atoms with Gasteiger partial charge in [-0.2, -0.15) is 0 Å². The number of fused-ring (bicyclic) bond motifs is 1. The first-order valence-electron chi connectivity index (χ1n) is 6.23. The molecule has 0 aliphatic carbocycles. The Kier molecular flexibility index (Phi) is 3.14. The van der Waals surface area contributed by atoms with Crippen LogP contribution in [0.1, 0.15) is 0 Å². The second-order valence-electron chi connectivity index (χ2n) is 4.51. The summed E-state index contributed by atoms with van der Waals surface area (Å²) in [5, 5.41) is 3.14. The molecule has 0 amide bonds. The predicted octanol–water partition coefficient (Wildman–Crippen LogP) is 5.26. The minimum atomic E-state index is 0.769. The number of hydrogen-bond donors (Lipinski definition) is 0. The quantitative estimate of drug-likeness (QED) is 0.612. The van der Waals surface area contributed by atoms with Crippen LogP contribution in [0.2, 0.25) is 5.02 Å². The molecule has 0 unspecified atom stereocenters. The van der Waals surface area contributed by atoms with Gasteiger partial charge in [-0.3, -0.25) is 0 Å². The summed E-state index contributed by atoms with van der Waals surface area (Å²) in [5.74, 6) is 0. The number of halogens is 1. The number of para-hydroxylation sites is 1. The Hall–Kier alpha value is -1.99. The van der Waals surface area contributed by atoms with E-state index in [4.69, 9.17) is 11.6 Å². The fraction of sp³-hybridized carbons (Fsp3) is 0.0588. The lowest BCUT2D eigenvalue weighted by Gasteiger charge is -2.22. The van der Waals surface area contributed by atoms with Crippen LogP contribution in [0.5, 0.6) is 0 Å². The number of anilines is 2. The molecule has 0 saturated heterocycles. The predicted molar refractivity (Wildman–Crippen MR) is 83.5 cm³/mol. The van der Waals surface area contributed by atoms with E-state index in [-0.39, 0.29) is 0 Å². The van der Waals surface area contributed by atoms with E-state index < -0.39 is 0 Å². The normalized spacial score (nSPS) is 10.6. The van der Waals surface area contributed by atoms with Crippen LogP contribution in [0, 0.1) is 0 Å². The van der Waals surface area contributed by atoms with Gasteiger partial charge in [-0.25, -0.2) is 0 Å². The van der Waals surface area contributed by atoms with Gasteiger partial charge in [0, 0.05) is 18.1 Å². The molecular weight excluding hydrogens is 254 g/mol. The first kappa shape index (κ1) is 12.1. The highest BCUT2D eigenvalue weighted by Crippen LogP contribution is 2.37. The lowest BCUT2D eigenvalue weighted by molar-refractivity contribution is 1.22. The maximum Gasteiger partial charge on any atom is 0.0677 e. The van der Waals surface area contributed by atoms with Crippen LogP contribution in [0.4, 0.5) is 11.4 Å². The van der Waals surface area contributed by atoms with Crippen molar-refractivity contribution in [1.82, 2.24) is 0 Å². The van der Waals surface area contributed by atoms with Gasteiger partial charge in [0.2, 0.25) is 0 Å². The Morgan fingerprint density at radius 3 is 2.26 bits per heavy atom. The van der Waals surface area contributed by atoms with Crippen molar-refractivity contribution < 1.29 is 0 Å². The van der Waals surface area contributed by atoms with E-state index in [1.807, 2.05) is 43.4 Å². The van der Waals surface area contributed by atoms with Crippen molar-refractivity contribution in [3.63, 3.8) is 0 Å². The molecule has 0 radical (unpaired) electrons. The topological polar surface area (TPSA) is 3.24 Å². The van der Waals surface area contributed by atoms with E-state index in [9.17, 15) is 0 Å². The fourth-order valence-electron chi connectivity index (χ4n) is 2.35. The molecule has 0 aromatic heterocycles. The Bertz CT molecular complexity index is 707. The highest BCUT2D eigenvalue weighted by molar-refractivity contribution is 6.35. The molecule has 0 aliphatic heterocycles. The maximum absolute atomic E-state index is 6.41. The van der Waals surface area contributed by atoms with Gasteiger partial charge in [0.15, 0.2) is 0 Å². The lowest BCUT2D eigenvalue weighted by Crippen LogP contribution is -2.10. The van der Waals surface area contributed by atoms with Crippen molar-refractivity contribution in [3.05, 3.63) is 71.8 Å². The van der Waals surface area contributed by atoms with Gasteiger partial charge < -0.3 is 4.90 Å². The third-order valence-electron chi connectivity index (χ3n) is 3.33. The summed E-state index contributed by atoms with van der Waals surface area (Å²) in [6.07, 6.45) is 0. The number of benzene rings is 3. The van der Waals surface area contributed by atoms with E-state index in [0.29, 0.717) is 0 Å². The van der Waals surface area contributed by atoms with Crippen molar-refractivity contribution >= 4 is 33.7 Å². The van der Waals surface area contributed by atoms with Crippen molar-refractivity contribution in [1.29, 1.82) is 0 Å². The van der Waals surface area contributed by atoms with Gasteiger partial charge in [-0.15, -0.1) is 0 Å². The van der Waals surface area contributed by atoms with Crippen molar-refractivity contribution in [2.45, 2.75) is 0 Å². The van der Waals surface area contributed by atoms with Gasteiger partial charge in [-0.05, 0) is 23.6 Å². The maximum atomic E-state index is 6.41. The van der Waals surface area contributed by atoms with Crippen LogP contribution in [-0.2, 0) is 0 Å². The summed E-state index contributed by atoms with van der Waals surface area (Å²) in [6, 6.07) is 22.6. The number of hydrogen-bond acceptors (Lipinski definition) is 1. The van der Waals surface area contributed by atoms with Crippen LogP contribution >= 0.6 is 11.6 Å². The fourth-order valence-corrected chi connectivity index (χ4v) is 2.64. The molecule has 19 heavy (non-hydrogen) atoms. The monoisotopic (exact) mass is 267 g/mol. The average molecular weight is 268 g/mol. The molecule has 1 nitrogen and oxygen atoms in total. The standard InChI is InChI=1S/C17H14ClN/c1-19(14-8-3-2-4-9-14)17-15-10-6-5-7-13(15)11-12-16(17)18/h2-12H,1H3. The largest absolute Gasteiger partial charge is 0.343 e. The van der Waals surface area contributed by atoms with Gasteiger partial charge in [0.25, 0.3) is 0 Å². The summed E-state index contributed by atoms with van der Waals surface area (Å²) in [4.78, 5) is 2.13. The minimum Gasteiger partial charge on any atom is -0.343 e. The van der Waals surface area contributed by atoms with E-state index in [1.165, 1.54) is 10.8 Å². The Labute approximate surface area is 118 Å². The van der Waals surface area contributed by atoms with Crippen LogP contribution in [-0.4, -0.2) is 7.05 Å². The molecular formula is C17H14ClN. The second kappa shape index (κ2) is 4.94. The highest BCUT2D eigenvalue weighted by Gasteiger charge is 2.11. The zero-order chi connectivity index (χ0) is 13.2. The molecule has 0 N–H and O–H groups in total. The summed E-state index contributed by atoms with van der Waals surface area (Å²) >= 11 is 6.41. The number of nitrogens with zero attached hydrogens (tertiary/aromatic N) is 1. The molecule has 0 heterocycles. The molecule has 3 rings (SSSR count). The molecule has 0 saturated carbocycles. The van der Waals surface area contributed by atoms with Gasteiger partial charge in [0.05, 0.1) is 10.7 Å². The van der Waals surface area contributed by atoms with Crippen LogP contribution in [0.25, 0.3) is 10.8 Å². The first-order valence-corrected chi connectivity index (χ1v) is 6.61. The van der Waals surface area contributed by atoms with Crippen LogP contribution in [0.15, 0.2) is 66.7 Å². The van der Waals surface area contributed by atoms with Crippen molar-refractivity contribution in [3.8, 4) is 0 Å². The summed E-state index contributed by atoms with van der Waals surface area (Å²) in [5.41, 5.74) is 2.17. The smallest absolute Gasteiger partial charge is 0.0677 e. The Morgan fingerprint density at radius 1 is 0.789 bits per heavy atom. The first-order chi connectivity index (χ1) is 9.27. The van der Waals surface area contributed by atoms with E-state index >= 15 is 0 Å². The molecule has 3 aromatic rings. The van der Waals surface area contributed by atoms with Crippen molar-refractivity contribution in [2.75, 3.05) is 11.9 Å². The molecule has 0 atom stereocenters. The molecule has 94 valence electrons. The van der Waals surface area contributed by atoms with E-state index in [2.05, 4.69) is 35.2 Å². The molecule has 3 aromatic carbocycles. The average Bonchev–Trinajstić information content (AvgIpc) is 2.47. The molecule has 0 spiro atoms. The molecule has 0 aliphatic rings. The van der Waals surface area contributed by atoms with Crippen LogP contribution < -0.4 is 4.90 Å². The zero-order valence-corrected chi connectivity index (χ0v) is 11.4. The molecule has 2 heteroatoms. The van der Waals surface area contributed by atoms with E-state index in [0.717, 1.165) is 16.4 Å². The van der Waals surface area contributed by atoms with Gasteiger partial charge >= 0.3 is 0 Å². The highest BCUT2D eigenvalue weighted by atomic mass is 35.5. The third-order valence-corrected chi connectivity index (χ3v) is 3.64. The van der Waals surface area contributed by atoms with Crippen LogP contribution in [0.3, 0.4) is 0 Å². The lowest BCUT2D eigenvalue weighted by atomic mass is 10.1. The van der Waals surface area contributed by atoms with Gasteiger partial charge in [0.1, 0.15) is 0 Å². The van der Waals surface area contributed by atoms with Gasteiger partial charge in [-0.1, -0.05) is 60.1 Å². The Balaban J connectivity index is 2.22. The summed E-state index contributed by atoms with van der Waals surface area (Å²) in [6.45, 7) is 0. The SMILES string of the molecule is CN(c1ccccc1)c1c(Cl)ccc2ccccc12. The zero-order valence-electron chi connectivity index (χ0n) is 10.7. The van der Waals surface area contributed by atoms with Crippen molar-refractivity contribution in [2.24, 2.45) is 0 Å². The number of rotatable bonds is 2. The second-order valence-corrected chi connectivity index (χ2v) is 4.92. The summed E-state index contributed by atoms with van der Waals surface area (Å²) in [7, 11) is 2.04. The summed E-state index contributed by atoms with van der Waals surface area (Å²) < 4.78 is 0. The Morgan fingerprint density at radius 2 is 1.47 bits per heavy atom.